The average molecular weight is 517 g/mol. The molecule has 1 amide bonds. The summed E-state index contributed by atoms with van der Waals surface area (Å²) in [5, 5.41) is 43.7. The molecule has 0 bridgehead atoms. The minimum atomic E-state index is -2.66. The predicted molar refractivity (Wildman–Crippen MR) is 127 cm³/mol. The summed E-state index contributed by atoms with van der Waals surface area (Å²) in [5.74, 6) is -8.28. The molecule has 1 aromatic rings. The van der Waals surface area contributed by atoms with Crippen LogP contribution in [0.4, 0.5) is 5.69 Å². The molecule has 0 heterocycles. The Kier molecular flexibility index (Phi) is 6.51. The molecule has 0 fully saturated rings. The van der Waals surface area contributed by atoms with Crippen molar-refractivity contribution in [1.29, 1.82) is 0 Å². The van der Waals surface area contributed by atoms with Crippen LogP contribution in [0.1, 0.15) is 39.1 Å². The van der Waals surface area contributed by atoms with Crippen LogP contribution >= 0.6 is 0 Å². The molecule has 0 spiro atoms. The number of benzene rings is 1. The van der Waals surface area contributed by atoms with Gasteiger partial charge >= 0.3 is 5.97 Å². The van der Waals surface area contributed by atoms with Gasteiger partial charge in [0.1, 0.15) is 35.0 Å². The first-order valence-corrected chi connectivity index (χ1v) is 11.6. The number of Topliss-reactive ketones (excluding diaryl/α,β-unsaturated/α-hetero) is 2. The van der Waals surface area contributed by atoms with Crippen molar-refractivity contribution < 1.29 is 49.1 Å². The zero-order chi connectivity index (χ0) is 27.4. The van der Waals surface area contributed by atoms with Crippen LogP contribution in [-0.2, 0) is 25.5 Å². The Bertz CT molecular complexity index is 1290. The Hall–Kier alpha value is -3.90. The van der Waals surface area contributed by atoms with E-state index in [-0.39, 0.29) is 49.2 Å². The average Bonchev–Trinajstić information content (AvgIpc) is 2.81. The number of hydrogen-bond acceptors (Lipinski definition) is 11. The zero-order valence-electron chi connectivity index (χ0n) is 20.5. The number of amides is 1. The molecule has 0 aliphatic heterocycles. The summed E-state index contributed by atoms with van der Waals surface area (Å²) < 4.78 is 9.97. The number of aliphatic hydroxyl groups is 3. The molecule has 0 unspecified atom stereocenters. The van der Waals surface area contributed by atoms with Gasteiger partial charge in [0.25, 0.3) is 5.91 Å². The number of rotatable bonds is 6. The Morgan fingerprint density at radius 3 is 2.43 bits per heavy atom. The van der Waals surface area contributed by atoms with Gasteiger partial charge < -0.3 is 40.5 Å². The number of ether oxygens (including phenoxy) is 2. The number of phenolic OH excluding ortho intramolecular Hbond substituents is 1. The number of primary amides is 1. The summed E-state index contributed by atoms with van der Waals surface area (Å²) in [7, 11) is 4.80. The van der Waals surface area contributed by atoms with Crippen LogP contribution in [0.25, 0.3) is 0 Å². The van der Waals surface area contributed by atoms with Gasteiger partial charge in [-0.3, -0.25) is 14.4 Å². The number of hydrogen-bond donors (Lipinski definition) is 5. The largest absolute Gasteiger partial charge is 0.511 e. The molecule has 198 valence electrons. The maximum absolute atomic E-state index is 13.8. The van der Waals surface area contributed by atoms with Crippen molar-refractivity contribution in [2.45, 2.75) is 24.9 Å². The molecule has 0 radical (unpaired) electrons. The molecule has 3 aliphatic rings. The lowest BCUT2D eigenvalue weighted by Crippen LogP contribution is -2.57. The SMILES string of the molecule is COCCOC(=O)c1cc(N(C)C)c2c(c1O)C(=O)C1=C(O)[C@]3(O)C(=O)C(C(N)=O)=C(O)C[C@@H]3C[C@@H]1C2. The van der Waals surface area contributed by atoms with Gasteiger partial charge in [-0.15, -0.1) is 0 Å². The highest BCUT2D eigenvalue weighted by molar-refractivity contribution is 6.24. The summed E-state index contributed by atoms with van der Waals surface area (Å²) in [4.78, 5) is 52.9. The standard InChI is InChI=1S/C25H28N2O10/c1-27(2)14-9-13(24(34)37-5-4-36-3)19(29)17-12(14)7-10-6-11-8-15(28)18(23(26)33)22(32)25(11,35)21(31)16(10)20(17)30/h9-11,28-29,31,35H,4-8H2,1-3H3,(H2,26,33)/t10-,11+,25+/m1/s1. The second kappa shape index (κ2) is 9.20. The fourth-order valence-corrected chi connectivity index (χ4v) is 5.52. The van der Waals surface area contributed by atoms with Gasteiger partial charge in [0.05, 0.1) is 12.2 Å². The van der Waals surface area contributed by atoms with Gasteiger partial charge in [0, 0.05) is 44.8 Å². The first kappa shape index (κ1) is 26.2. The van der Waals surface area contributed by atoms with E-state index in [1.807, 2.05) is 0 Å². The van der Waals surface area contributed by atoms with E-state index in [1.165, 1.54) is 13.2 Å². The monoisotopic (exact) mass is 516 g/mol. The normalized spacial score (nSPS) is 24.9. The summed E-state index contributed by atoms with van der Waals surface area (Å²) in [6.07, 6.45) is -0.181. The molecular formula is C25H28N2O10. The highest BCUT2D eigenvalue weighted by atomic mass is 16.6. The highest BCUT2D eigenvalue weighted by Crippen LogP contribution is 2.52. The number of carbonyl (C=O) groups excluding carboxylic acids is 4. The van der Waals surface area contributed by atoms with E-state index >= 15 is 0 Å². The lowest BCUT2D eigenvalue weighted by molar-refractivity contribution is -0.144. The molecule has 12 nitrogen and oxygen atoms in total. The molecule has 3 atom stereocenters. The number of phenols is 1. The minimum absolute atomic E-state index is 0.0113. The van der Waals surface area contributed by atoms with Gasteiger partial charge in [-0.2, -0.15) is 0 Å². The lowest BCUT2D eigenvalue weighted by Gasteiger charge is -2.45. The van der Waals surface area contributed by atoms with Crippen LogP contribution < -0.4 is 10.6 Å². The summed E-state index contributed by atoms with van der Waals surface area (Å²) in [6, 6.07) is 1.40. The number of aromatic hydroxyl groups is 1. The molecular weight excluding hydrogens is 488 g/mol. The number of ketones is 2. The van der Waals surface area contributed by atoms with E-state index in [0.29, 0.717) is 11.3 Å². The van der Waals surface area contributed by atoms with Crippen molar-refractivity contribution in [3.63, 3.8) is 0 Å². The van der Waals surface area contributed by atoms with E-state index in [1.54, 1.807) is 19.0 Å². The topological polar surface area (TPSA) is 197 Å². The van der Waals surface area contributed by atoms with Gasteiger partial charge in [-0.25, -0.2) is 4.79 Å². The van der Waals surface area contributed by atoms with E-state index < -0.39 is 63.7 Å². The third-order valence-corrected chi connectivity index (χ3v) is 7.26. The van der Waals surface area contributed by atoms with Crippen LogP contribution in [0.3, 0.4) is 0 Å². The number of nitrogens with zero attached hydrogens (tertiary/aromatic N) is 1. The molecule has 37 heavy (non-hydrogen) atoms. The third kappa shape index (κ3) is 3.83. The maximum atomic E-state index is 13.8. The Labute approximate surface area is 211 Å². The number of allylic oxidation sites excluding steroid dienone is 2. The Balaban J connectivity index is 1.88. The molecule has 3 aliphatic carbocycles. The molecule has 0 aromatic heterocycles. The number of methoxy groups -OCH3 is 1. The fraction of sp³-hybridized carbons (Fsp3) is 0.440. The van der Waals surface area contributed by atoms with Crippen molar-refractivity contribution in [1.82, 2.24) is 0 Å². The molecule has 6 N–H and O–H groups in total. The summed E-state index contributed by atoms with van der Waals surface area (Å²) in [6.45, 7) is 0.0224. The molecule has 0 saturated heterocycles. The molecule has 4 rings (SSSR count). The van der Waals surface area contributed by atoms with Crippen molar-refractivity contribution >= 4 is 29.1 Å². The quantitative estimate of drug-likeness (QED) is 0.200. The van der Waals surface area contributed by atoms with Crippen molar-refractivity contribution in [2.75, 3.05) is 39.3 Å². The van der Waals surface area contributed by atoms with Crippen molar-refractivity contribution in [2.24, 2.45) is 17.6 Å². The van der Waals surface area contributed by atoms with Crippen LogP contribution in [0.2, 0.25) is 0 Å². The Morgan fingerprint density at radius 2 is 1.84 bits per heavy atom. The second-order valence-electron chi connectivity index (χ2n) is 9.58. The number of anilines is 1. The van der Waals surface area contributed by atoms with Gasteiger partial charge in [0.2, 0.25) is 5.78 Å². The van der Waals surface area contributed by atoms with Crippen molar-refractivity contribution in [3.8, 4) is 5.75 Å². The number of aliphatic hydroxyl groups excluding tert-OH is 2. The molecule has 12 heteroatoms. The number of nitrogens with two attached hydrogens (primary N) is 1. The Morgan fingerprint density at radius 1 is 1.16 bits per heavy atom. The van der Waals surface area contributed by atoms with Crippen molar-refractivity contribution in [3.05, 3.63) is 45.4 Å². The predicted octanol–water partition coefficient (Wildman–Crippen LogP) is 0.450. The minimum Gasteiger partial charge on any atom is -0.511 e. The number of fused-ring (bicyclic) bond motifs is 3. The van der Waals surface area contributed by atoms with E-state index in [4.69, 9.17) is 15.2 Å². The lowest BCUT2D eigenvalue weighted by atomic mass is 9.60. The van der Waals surface area contributed by atoms with Crippen LogP contribution in [-0.4, -0.2) is 83.9 Å². The zero-order valence-corrected chi connectivity index (χ0v) is 20.5. The number of carbonyl (C=O) groups is 4. The van der Waals surface area contributed by atoms with E-state index in [9.17, 15) is 39.6 Å². The molecule has 0 saturated carbocycles. The van der Waals surface area contributed by atoms with E-state index in [0.717, 1.165) is 0 Å². The smallest absolute Gasteiger partial charge is 0.342 e. The maximum Gasteiger partial charge on any atom is 0.342 e. The summed E-state index contributed by atoms with van der Waals surface area (Å²) >= 11 is 0. The second-order valence-corrected chi connectivity index (χ2v) is 9.58. The third-order valence-electron chi connectivity index (χ3n) is 7.26. The fourth-order valence-electron chi connectivity index (χ4n) is 5.52. The molecule has 1 aromatic carbocycles. The van der Waals surface area contributed by atoms with Gasteiger partial charge in [0.15, 0.2) is 11.4 Å². The van der Waals surface area contributed by atoms with Crippen LogP contribution in [0.15, 0.2) is 28.7 Å². The highest BCUT2D eigenvalue weighted by Gasteiger charge is 2.59. The van der Waals surface area contributed by atoms with E-state index in [2.05, 4.69) is 0 Å². The summed E-state index contributed by atoms with van der Waals surface area (Å²) in [5.41, 5.74) is 1.72. The van der Waals surface area contributed by atoms with Crippen LogP contribution in [0.5, 0.6) is 5.75 Å². The van der Waals surface area contributed by atoms with Gasteiger partial charge in [-0.1, -0.05) is 0 Å². The van der Waals surface area contributed by atoms with Gasteiger partial charge in [-0.05, 0) is 30.4 Å². The van der Waals surface area contributed by atoms with Crippen LogP contribution in [0, 0.1) is 11.8 Å². The number of esters is 1. The first-order chi connectivity index (χ1) is 17.4. The first-order valence-electron chi connectivity index (χ1n) is 11.6.